The first-order valence-corrected chi connectivity index (χ1v) is 7.88. The summed E-state index contributed by atoms with van der Waals surface area (Å²) in [5.74, 6) is 0.913. The molecule has 1 N–H and O–H groups in total. The molecule has 0 bridgehead atoms. The van der Waals surface area contributed by atoms with Crippen LogP contribution in [0.3, 0.4) is 0 Å². The lowest BCUT2D eigenvalue weighted by molar-refractivity contribution is 0.0772. The van der Waals surface area contributed by atoms with Crippen LogP contribution in [-0.4, -0.2) is 36.1 Å². The van der Waals surface area contributed by atoms with Gasteiger partial charge in [0.15, 0.2) is 0 Å². The van der Waals surface area contributed by atoms with E-state index in [0.717, 1.165) is 18.5 Å². The minimum Gasteiger partial charge on any atom is -0.311 e. The smallest absolute Gasteiger partial charge is 0.0251 e. The van der Waals surface area contributed by atoms with Crippen LogP contribution in [0, 0.1) is 5.92 Å². The van der Waals surface area contributed by atoms with Gasteiger partial charge in [0.25, 0.3) is 0 Å². The maximum absolute atomic E-state index is 3.98. The Bertz CT molecular complexity index is 258. The van der Waals surface area contributed by atoms with Gasteiger partial charge in [0.2, 0.25) is 0 Å². The zero-order valence-corrected chi connectivity index (χ0v) is 12.2. The van der Waals surface area contributed by atoms with Crippen molar-refractivity contribution in [3.8, 4) is 0 Å². The molecule has 2 nitrogen and oxygen atoms in total. The van der Waals surface area contributed by atoms with Crippen LogP contribution in [0.25, 0.3) is 0 Å². The van der Waals surface area contributed by atoms with E-state index in [0.29, 0.717) is 12.1 Å². The van der Waals surface area contributed by atoms with Crippen molar-refractivity contribution < 1.29 is 0 Å². The lowest BCUT2D eigenvalue weighted by Gasteiger charge is -2.45. The van der Waals surface area contributed by atoms with E-state index in [1.54, 1.807) is 0 Å². The Balaban J connectivity index is 1.96. The molecule has 0 aromatic carbocycles. The molecule has 2 rings (SSSR count). The predicted octanol–water partition coefficient (Wildman–Crippen LogP) is 3.19. The van der Waals surface area contributed by atoms with Gasteiger partial charge >= 0.3 is 0 Å². The van der Waals surface area contributed by atoms with Crippen molar-refractivity contribution >= 4 is 0 Å². The molecule has 2 heteroatoms. The molecule has 3 atom stereocenters. The molecule has 0 aromatic heterocycles. The third kappa shape index (κ3) is 3.16. The van der Waals surface area contributed by atoms with Gasteiger partial charge in [0, 0.05) is 31.2 Å². The summed E-state index contributed by atoms with van der Waals surface area (Å²) in [6.07, 6.45) is 10.5. The van der Waals surface area contributed by atoms with Gasteiger partial charge in [0.05, 0.1) is 0 Å². The minimum absolute atomic E-state index is 0.517. The van der Waals surface area contributed by atoms with Gasteiger partial charge in [-0.05, 0) is 32.1 Å². The maximum Gasteiger partial charge on any atom is 0.0251 e. The van der Waals surface area contributed by atoms with E-state index in [-0.39, 0.29) is 0 Å². The number of hydrogen-bond acceptors (Lipinski definition) is 2. The van der Waals surface area contributed by atoms with Gasteiger partial charge in [0.1, 0.15) is 0 Å². The molecule has 3 unspecified atom stereocenters. The summed E-state index contributed by atoms with van der Waals surface area (Å²) in [4.78, 5) is 2.67. The SMILES string of the molecule is C=CC(C)N1CC(C2CCCCC2)NCC1CC. The molecule has 1 aliphatic heterocycles. The molecule has 0 spiro atoms. The summed E-state index contributed by atoms with van der Waals surface area (Å²) in [6.45, 7) is 11.0. The van der Waals surface area contributed by atoms with E-state index in [4.69, 9.17) is 0 Å². The predicted molar refractivity (Wildman–Crippen MR) is 78.8 cm³/mol. The van der Waals surface area contributed by atoms with Crippen molar-refractivity contribution in [2.45, 2.75) is 70.5 Å². The lowest BCUT2D eigenvalue weighted by Crippen LogP contribution is -2.60. The van der Waals surface area contributed by atoms with Crippen molar-refractivity contribution in [3.05, 3.63) is 12.7 Å². The fraction of sp³-hybridized carbons (Fsp3) is 0.875. The Morgan fingerprint density at radius 2 is 2.06 bits per heavy atom. The number of rotatable bonds is 4. The molecule has 0 amide bonds. The van der Waals surface area contributed by atoms with Crippen LogP contribution in [0.2, 0.25) is 0 Å². The van der Waals surface area contributed by atoms with Gasteiger partial charge < -0.3 is 5.32 Å². The minimum atomic E-state index is 0.517. The molecule has 0 radical (unpaired) electrons. The summed E-state index contributed by atoms with van der Waals surface area (Å²) in [5.41, 5.74) is 0. The van der Waals surface area contributed by atoms with Crippen LogP contribution in [0.4, 0.5) is 0 Å². The van der Waals surface area contributed by atoms with Crippen LogP contribution in [-0.2, 0) is 0 Å². The monoisotopic (exact) mass is 250 g/mol. The van der Waals surface area contributed by atoms with Crippen LogP contribution in [0.5, 0.6) is 0 Å². The van der Waals surface area contributed by atoms with Crippen LogP contribution < -0.4 is 5.32 Å². The molecule has 1 heterocycles. The fourth-order valence-electron chi connectivity index (χ4n) is 3.71. The number of nitrogens with zero attached hydrogens (tertiary/aromatic N) is 1. The zero-order chi connectivity index (χ0) is 13.0. The standard InChI is InChI=1S/C16H30N2/c1-4-13(3)18-12-16(17-11-15(18)5-2)14-9-7-6-8-10-14/h4,13-17H,1,5-12H2,2-3H3. The first-order valence-electron chi connectivity index (χ1n) is 7.88. The fourth-order valence-corrected chi connectivity index (χ4v) is 3.71. The molecule has 1 aliphatic carbocycles. The molecule has 18 heavy (non-hydrogen) atoms. The van der Waals surface area contributed by atoms with Gasteiger partial charge in [-0.3, -0.25) is 4.90 Å². The molecule has 1 saturated carbocycles. The Morgan fingerprint density at radius 1 is 1.33 bits per heavy atom. The molecule has 104 valence electrons. The summed E-state index contributed by atoms with van der Waals surface area (Å²) in [5, 5.41) is 3.82. The highest BCUT2D eigenvalue weighted by Crippen LogP contribution is 2.29. The van der Waals surface area contributed by atoms with E-state index in [1.807, 2.05) is 0 Å². The summed E-state index contributed by atoms with van der Waals surface area (Å²) in [6, 6.07) is 1.93. The number of hydrogen-bond donors (Lipinski definition) is 1. The van der Waals surface area contributed by atoms with E-state index in [1.165, 1.54) is 45.1 Å². The molecular weight excluding hydrogens is 220 g/mol. The summed E-state index contributed by atoms with van der Waals surface area (Å²) in [7, 11) is 0. The molecule has 2 fully saturated rings. The first-order chi connectivity index (χ1) is 8.76. The van der Waals surface area contributed by atoms with E-state index >= 15 is 0 Å². The third-order valence-electron chi connectivity index (χ3n) is 5.05. The largest absolute Gasteiger partial charge is 0.311 e. The average molecular weight is 250 g/mol. The second-order valence-corrected chi connectivity index (χ2v) is 6.15. The second-order valence-electron chi connectivity index (χ2n) is 6.15. The Kier molecular flexibility index (Phi) is 5.25. The summed E-state index contributed by atoms with van der Waals surface area (Å²) < 4.78 is 0. The van der Waals surface area contributed by atoms with Gasteiger partial charge in [-0.1, -0.05) is 32.3 Å². The van der Waals surface area contributed by atoms with E-state index in [2.05, 4.69) is 36.7 Å². The normalized spacial score (nSPS) is 33.2. The lowest BCUT2D eigenvalue weighted by atomic mass is 9.82. The molecule has 0 aromatic rings. The van der Waals surface area contributed by atoms with Crippen LogP contribution >= 0.6 is 0 Å². The van der Waals surface area contributed by atoms with E-state index < -0.39 is 0 Å². The van der Waals surface area contributed by atoms with Crippen molar-refractivity contribution in [2.75, 3.05) is 13.1 Å². The highest BCUT2D eigenvalue weighted by Gasteiger charge is 2.33. The maximum atomic E-state index is 3.98. The van der Waals surface area contributed by atoms with Gasteiger partial charge in [-0.2, -0.15) is 0 Å². The Labute approximate surface area is 113 Å². The van der Waals surface area contributed by atoms with Gasteiger partial charge in [-0.15, -0.1) is 6.58 Å². The van der Waals surface area contributed by atoms with Gasteiger partial charge in [-0.25, -0.2) is 0 Å². The zero-order valence-electron chi connectivity index (χ0n) is 12.2. The highest BCUT2D eigenvalue weighted by molar-refractivity contribution is 4.96. The molecular formula is C16H30N2. The number of nitrogens with one attached hydrogen (secondary N) is 1. The van der Waals surface area contributed by atoms with Crippen molar-refractivity contribution in [1.29, 1.82) is 0 Å². The third-order valence-corrected chi connectivity index (χ3v) is 5.05. The molecule has 1 saturated heterocycles. The van der Waals surface area contributed by atoms with Crippen molar-refractivity contribution in [1.82, 2.24) is 10.2 Å². The van der Waals surface area contributed by atoms with Crippen LogP contribution in [0.15, 0.2) is 12.7 Å². The molecule has 2 aliphatic rings. The second kappa shape index (κ2) is 6.72. The van der Waals surface area contributed by atoms with Crippen molar-refractivity contribution in [2.24, 2.45) is 5.92 Å². The van der Waals surface area contributed by atoms with Crippen molar-refractivity contribution in [3.63, 3.8) is 0 Å². The summed E-state index contributed by atoms with van der Waals surface area (Å²) >= 11 is 0. The number of piperazine rings is 1. The van der Waals surface area contributed by atoms with E-state index in [9.17, 15) is 0 Å². The average Bonchev–Trinajstić information content (AvgIpc) is 2.46. The Hall–Kier alpha value is -0.340. The first kappa shape index (κ1) is 14.1. The topological polar surface area (TPSA) is 15.3 Å². The highest BCUT2D eigenvalue weighted by atomic mass is 15.2. The quantitative estimate of drug-likeness (QED) is 0.771. The Morgan fingerprint density at radius 3 is 2.67 bits per heavy atom. The van der Waals surface area contributed by atoms with Crippen LogP contribution in [0.1, 0.15) is 52.4 Å².